The molecule has 0 aliphatic rings. The van der Waals surface area contributed by atoms with Gasteiger partial charge in [0.15, 0.2) is 6.10 Å². The molecular formula is C20H21Cl2NO3. The number of hydrogen-bond acceptors (Lipinski definition) is 3. The summed E-state index contributed by atoms with van der Waals surface area (Å²) in [7, 11) is 0. The first-order valence-corrected chi connectivity index (χ1v) is 9.12. The van der Waals surface area contributed by atoms with E-state index in [-0.39, 0.29) is 22.5 Å². The average molecular weight is 394 g/mol. The fraction of sp³-hybridized carbons (Fsp3) is 0.300. The number of halogens is 2. The Balaban J connectivity index is 1.84. The van der Waals surface area contributed by atoms with E-state index in [1.54, 1.807) is 6.07 Å². The Morgan fingerprint density at radius 1 is 1.08 bits per heavy atom. The first-order valence-electron chi connectivity index (χ1n) is 8.37. The van der Waals surface area contributed by atoms with Crippen LogP contribution in [-0.2, 0) is 16.0 Å². The van der Waals surface area contributed by atoms with E-state index in [0.29, 0.717) is 5.02 Å². The van der Waals surface area contributed by atoms with Crippen LogP contribution in [0.15, 0.2) is 48.5 Å². The summed E-state index contributed by atoms with van der Waals surface area (Å²) in [6.07, 6.45) is 0.710. The van der Waals surface area contributed by atoms with Crippen LogP contribution in [0.3, 0.4) is 0 Å². The topological polar surface area (TPSA) is 55.4 Å². The number of amides is 1. The van der Waals surface area contributed by atoms with Gasteiger partial charge in [0, 0.05) is 11.1 Å². The minimum atomic E-state index is -0.934. The quantitative estimate of drug-likeness (QED) is 0.694. The molecule has 0 heterocycles. The Hall–Kier alpha value is -2.04. The maximum Gasteiger partial charge on any atom is 0.340 e. The van der Waals surface area contributed by atoms with Crippen molar-refractivity contribution < 1.29 is 14.3 Å². The molecule has 2 aromatic carbocycles. The predicted octanol–water partition coefficient (Wildman–Crippen LogP) is 4.68. The summed E-state index contributed by atoms with van der Waals surface area (Å²) >= 11 is 11.8. The molecule has 1 amide bonds. The average Bonchev–Trinajstić information content (AvgIpc) is 2.62. The number of rotatable bonds is 7. The number of nitrogens with one attached hydrogen (secondary N) is 1. The van der Waals surface area contributed by atoms with Crippen LogP contribution in [0.2, 0.25) is 10.0 Å². The molecule has 4 nitrogen and oxygen atoms in total. The lowest BCUT2D eigenvalue weighted by Gasteiger charge is -2.18. The minimum Gasteiger partial charge on any atom is -0.449 e. The van der Waals surface area contributed by atoms with E-state index >= 15 is 0 Å². The highest BCUT2D eigenvalue weighted by Crippen LogP contribution is 2.21. The molecule has 0 bridgehead atoms. The zero-order chi connectivity index (χ0) is 19.1. The van der Waals surface area contributed by atoms with Gasteiger partial charge in [0.1, 0.15) is 0 Å². The van der Waals surface area contributed by atoms with Crippen LogP contribution in [-0.4, -0.2) is 24.0 Å². The maximum absolute atomic E-state index is 12.2. The molecule has 2 rings (SSSR count). The first kappa shape index (κ1) is 20.3. The van der Waals surface area contributed by atoms with Crippen LogP contribution in [0, 0.1) is 0 Å². The summed E-state index contributed by atoms with van der Waals surface area (Å²) in [6, 6.07) is 14.5. The molecule has 0 fully saturated rings. The molecule has 0 unspecified atom stereocenters. The second-order valence-corrected chi connectivity index (χ2v) is 6.95. The fourth-order valence-corrected chi connectivity index (χ4v) is 2.76. The Kier molecular flexibility index (Phi) is 7.49. The molecule has 138 valence electrons. The molecule has 0 saturated heterocycles. The highest BCUT2D eigenvalue weighted by molar-refractivity contribution is 6.35. The van der Waals surface area contributed by atoms with Crippen LogP contribution in [0.25, 0.3) is 0 Å². The number of carbonyl (C=O) groups excluding carboxylic acids is 2. The van der Waals surface area contributed by atoms with Gasteiger partial charge in [-0.2, -0.15) is 0 Å². The van der Waals surface area contributed by atoms with Crippen molar-refractivity contribution in [3.05, 3.63) is 69.7 Å². The molecule has 2 atom stereocenters. The maximum atomic E-state index is 12.2. The van der Waals surface area contributed by atoms with Gasteiger partial charge < -0.3 is 10.1 Å². The molecule has 2 aromatic rings. The van der Waals surface area contributed by atoms with Gasteiger partial charge in [0.2, 0.25) is 0 Å². The molecule has 0 spiro atoms. The molecule has 0 aliphatic carbocycles. The lowest BCUT2D eigenvalue weighted by molar-refractivity contribution is -0.129. The van der Waals surface area contributed by atoms with Crippen molar-refractivity contribution in [1.82, 2.24) is 5.32 Å². The molecule has 1 N–H and O–H groups in total. The fourth-order valence-electron chi connectivity index (χ4n) is 2.39. The van der Waals surface area contributed by atoms with Crippen LogP contribution in [0.1, 0.15) is 36.2 Å². The van der Waals surface area contributed by atoms with Gasteiger partial charge in [-0.3, -0.25) is 4.79 Å². The van der Waals surface area contributed by atoms with E-state index < -0.39 is 12.1 Å². The predicted molar refractivity (Wildman–Crippen MR) is 104 cm³/mol. The standard InChI is InChI=1S/C20H21Cl2NO3/c1-13(8-9-15-6-4-3-5-7-15)23-19(24)14(2)26-20(25)17-12-16(21)10-11-18(17)22/h3-7,10-14H,8-9H2,1-2H3,(H,23,24)/t13-,14+/m0/s1. The van der Waals surface area contributed by atoms with E-state index in [1.807, 2.05) is 37.3 Å². The van der Waals surface area contributed by atoms with Gasteiger partial charge in [-0.1, -0.05) is 53.5 Å². The van der Waals surface area contributed by atoms with Gasteiger partial charge in [-0.15, -0.1) is 0 Å². The number of benzene rings is 2. The van der Waals surface area contributed by atoms with E-state index in [4.69, 9.17) is 27.9 Å². The van der Waals surface area contributed by atoms with Gasteiger partial charge in [0.25, 0.3) is 5.91 Å². The zero-order valence-electron chi connectivity index (χ0n) is 14.7. The van der Waals surface area contributed by atoms with E-state index in [9.17, 15) is 9.59 Å². The number of ether oxygens (including phenoxy) is 1. The lowest BCUT2D eigenvalue weighted by atomic mass is 10.1. The molecular weight excluding hydrogens is 373 g/mol. The van der Waals surface area contributed by atoms with Gasteiger partial charge in [-0.25, -0.2) is 4.79 Å². The third-order valence-electron chi connectivity index (χ3n) is 3.90. The minimum absolute atomic E-state index is 0.0429. The normalized spacial score (nSPS) is 12.9. The lowest BCUT2D eigenvalue weighted by Crippen LogP contribution is -2.41. The highest BCUT2D eigenvalue weighted by atomic mass is 35.5. The summed E-state index contributed by atoms with van der Waals surface area (Å²) in [5, 5.41) is 3.45. The van der Waals surface area contributed by atoms with Crippen molar-refractivity contribution in [3.8, 4) is 0 Å². The van der Waals surface area contributed by atoms with Gasteiger partial charge in [0.05, 0.1) is 10.6 Å². The summed E-state index contributed by atoms with van der Waals surface area (Å²) in [6.45, 7) is 3.44. The Morgan fingerprint density at radius 3 is 2.46 bits per heavy atom. The Morgan fingerprint density at radius 2 is 1.77 bits per heavy atom. The van der Waals surface area contributed by atoms with Crippen molar-refractivity contribution >= 4 is 35.1 Å². The third-order valence-corrected chi connectivity index (χ3v) is 4.46. The van der Waals surface area contributed by atoms with Crippen molar-refractivity contribution in [1.29, 1.82) is 0 Å². The van der Waals surface area contributed by atoms with Crippen molar-refractivity contribution in [2.45, 2.75) is 38.8 Å². The van der Waals surface area contributed by atoms with Gasteiger partial charge in [-0.05, 0) is 50.5 Å². The second-order valence-electron chi connectivity index (χ2n) is 6.11. The number of esters is 1. The molecule has 6 heteroatoms. The van der Waals surface area contributed by atoms with E-state index in [0.717, 1.165) is 12.8 Å². The SMILES string of the molecule is C[C@@H](CCc1ccccc1)NC(=O)[C@@H](C)OC(=O)c1cc(Cl)ccc1Cl. The molecule has 0 saturated carbocycles. The first-order chi connectivity index (χ1) is 12.4. The highest BCUT2D eigenvalue weighted by Gasteiger charge is 2.22. The van der Waals surface area contributed by atoms with Crippen molar-refractivity contribution in [3.63, 3.8) is 0 Å². The second kappa shape index (κ2) is 9.60. The summed E-state index contributed by atoms with van der Waals surface area (Å²) < 4.78 is 5.20. The van der Waals surface area contributed by atoms with Gasteiger partial charge >= 0.3 is 5.97 Å². The van der Waals surface area contributed by atoms with Crippen LogP contribution in [0.5, 0.6) is 0 Å². The van der Waals surface area contributed by atoms with E-state index in [2.05, 4.69) is 5.32 Å². The van der Waals surface area contributed by atoms with Crippen LogP contribution < -0.4 is 5.32 Å². The number of aryl methyl sites for hydroxylation is 1. The molecule has 0 aliphatic heterocycles. The third kappa shape index (κ3) is 6.04. The summed E-state index contributed by atoms with van der Waals surface area (Å²) in [4.78, 5) is 24.4. The smallest absolute Gasteiger partial charge is 0.340 e. The summed E-state index contributed by atoms with van der Waals surface area (Å²) in [5.41, 5.74) is 1.35. The van der Waals surface area contributed by atoms with E-state index in [1.165, 1.54) is 24.6 Å². The van der Waals surface area contributed by atoms with Crippen molar-refractivity contribution in [2.24, 2.45) is 0 Å². The zero-order valence-corrected chi connectivity index (χ0v) is 16.2. The Bertz CT molecular complexity index is 765. The van der Waals surface area contributed by atoms with Crippen LogP contribution in [0.4, 0.5) is 0 Å². The van der Waals surface area contributed by atoms with Crippen molar-refractivity contribution in [2.75, 3.05) is 0 Å². The molecule has 0 aromatic heterocycles. The molecule has 26 heavy (non-hydrogen) atoms. The number of carbonyl (C=O) groups is 2. The largest absolute Gasteiger partial charge is 0.449 e. The summed E-state index contributed by atoms with van der Waals surface area (Å²) in [5.74, 6) is -1.03. The van der Waals surface area contributed by atoms with Crippen LogP contribution >= 0.6 is 23.2 Å². The number of hydrogen-bond donors (Lipinski definition) is 1. The molecule has 0 radical (unpaired) electrons. The monoisotopic (exact) mass is 393 g/mol. The Labute approximate surface area is 163 Å².